The van der Waals surface area contributed by atoms with E-state index in [4.69, 9.17) is 4.74 Å². The summed E-state index contributed by atoms with van der Waals surface area (Å²) >= 11 is 4.82. The Hall–Kier alpha value is -1.66. The van der Waals surface area contributed by atoms with E-state index in [0.717, 1.165) is 23.7 Å². The van der Waals surface area contributed by atoms with Crippen molar-refractivity contribution in [2.45, 2.75) is 32.3 Å². The molecule has 1 amide bonds. The van der Waals surface area contributed by atoms with E-state index in [0.29, 0.717) is 10.6 Å². The van der Waals surface area contributed by atoms with Gasteiger partial charge in [-0.05, 0) is 56.0 Å². The molecule has 1 aliphatic rings. The molecular formula is C17H16BrNO3S. The number of rotatable bonds is 4. The minimum Gasteiger partial charge on any atom is -0.448 e. The molecule has 4 nitrogen and oxygen atoms in total. The van der Waals surface area contributed by atoms with Crippen LogP contribution in [0.2, 0.25) is 0 Å². The minimum atomic E-state index is -0.849. The molecule has 0 fully saturated rings. The van der Waals surface area contributed by atoms with Crippen molar-refractivity contribution in [3.63, 3.8) is 0 Å². The van der Waals surface area contributed by atoms with Gasteiger partial charge in [0, 0.05) is 15.0 Å². The number of ether oxygens (including phenoxy) is 1. The molecule has 0 saturated heterocycles. The van der Waals surface area contributed by atoms with E-state index < -0.39 is 12.1 Å². The number of carbonyl (C=O) groups is 2. The molecule has 1 heterocycles. The second kappa shape index (κ2) is 6.84. The number of thiophene rings is 1. The molecule has 0 aliphatic heterocycles. The lowest BCUT2D eigenvalue weighted by Crippen LogP contribution is -2.29. The molecule has 120 valence electrons. The van der Waals surface area contributed by atoms with Crippen molar-refractivity contribution in [1.82, 2.24) is 0 Å². The maximum atomic E-state index is 12.2. The van der Waals surface area contributed by atoms with E-state index >= 15 is 0 Å². The summed E-state index contributed by atoms with van der Waals surface area (Å²) in [6.45, 7) is 1.58. The van der Waals surface area contributed by atoms with Gasteiger partial charge in [-0.2, -0.15) is 0 Å². The zero-order valence-corrected chi connectivity index (χ0v) is 15.0. The molecule has 1 aromatic heterocycles. The Morgan fingerprint density at radius 2 is 2.13 bits per heavy atom. The van der Waals surface area contributed by atoms with Crippen molar-refractivity contribution in [2.24, 2.45) is 0 Å². The van der Waals surface area contributed by atoms with Gasteiger partial charge < -0.3 is 10.1 Å². The average molecular weight is 394 g/mol. The number of benzene rings is 1. The Morgan fingerprint density at radius 3 is 2.87 bits per heavy atom. The van der Waals surface area contributed by atoms with Crippen LogP contribution >= 0.6 is 27.3 Å². The van der Waals surface area contributed by atoms with E-state index in [-0.39, 0.29) is 5.91 Å². The van der Waals surface area contributed by atoms with Crippen LogP contribution in [0.25, 0.3) is 0 Å². The summed E-state index contributed by atoms with van der Waals surface area (Å²) in [6, 6.07) is 9.16. The highest BCUT2D eigenvalue weighted by molar-refractivity contribution is 9.10. The fourth-order valence-electron chi connectivity index (χ4n) is 2.51. The minimum absolute atomic E-state index is 0.347. The number of esters is 1. The maximum absolute atomic E-state index is 12.2. The van der Waals surface area contributed by atoms with Gasteiger partial charge in [-0.25, -0.2) is 4.79 Å². The number of nitrogens with one attached hydrogen (secondary N) is 1. The molecule has 0 saturated carbocycles. The number of hydrogen-bond acceptors (Lipinski definition) is 4. The van der Waals surface area contributed by atoms with Crippen molar-refractivity contribution < 1.29 is 14.3 Å². The number of fused-ring (bicyclic) bond motifs is 1. The molecule has 6 heteroatoms. The van der Waals surface area contributed by atoms with E-state index in [1.54, 1.807) is 19.1 Å². The lowest BCUT2D eigenvalue weighted by Gasteiger charge is -2.13. The van der Waals surface area contributed by atoms with Gasteiger partial charge >= 0.3 is 5.97 Å². The van der Waals surface area contributed by atoms with Gasteiger partial charge in [0.15, 0.2) is 6.10 Å². The smallest absolute Gasteiger partial charge is 0.349 e. The van der Waals surface area contributed by atoms with E-state index in [1.165, 1.54) is 21.8 Å². The summed E-state index contributed by atoms with van der Waals surface area (Å²) in [4.78, 5) is 26.1. The summed E-state index contributed by atoms with van der Waals surface area (Å²) in [5, 5.41) is 2.74. The number of halogens is 1. The third kappa shape index (κ3) is 3.82. The van der Waals surface area contributed by atoms with Crippen LogP contribution in [0.3, 0.4) is 0 Å². The number of carbonyl (C=O) groups excluding carboxylic acids is 2. The Balaban J connectivity index is 1.60. The van der Waals surface area contributed by atoms with Crippen LogP contribution in [0.1, 0.15) is 33.5 Å². The first-order valence-corrected chi connectivity index (χ1v) is 9.03. The van der Waals surface area contributed by atoms with Crippen LogP contribution in [0.5, 0.6) is 0 Å². The zero-order chi connectivity index (χ0) is 16.4. The van der Waals surface area contributed by atoms with Crippen LogP contribution in [0.15, 0.2) is 34.8 Å². The number of anilines is 1. The molecule has 2 aromatic rings. The third-order valence-electron chi connectivity index (χ3n) is 3.69. The van der Waals surface area contributed by atoms with Crippen LogP contribution < -0.4 is 5.32 Å². The Kier molecular flexibility index (Phi) is 4.82. The van der Waals surface area contributed by atoms with Crippen LogP contribution in [0, 0.1) is 0 Å². The van der Waals surface area contributed by atoms with Crippen molar-refractivity contribution in [2.75, 3.05) is 5.32 Å². The molecule has 1 aromatic carbocycles. The molecule has 1 atom stereocenters. The van der Waals surface area contributed by atoms with Gasteiger partial charge in [0.05, 0.1) is 0 Å². The largest absolute Gasteiger partial charge is 0.448 e. The van der Waals surface area contributed by atoms with Crippen molar-refractivity contribution in [1.29, 1.82) is 0 Å². The van der Waals surface area contributed by atoms with Gasteiger partial charge in [-0.15, -0.1) is 11.3 Å². The molecular weight excluding hydrogens is 378 g/mol. The highest BCUT2D eigenvalue weighted by atomic mass is 79.9. The highest BCUT2D eigenvalue weighted by Crippen LogP contribution is 2.31. The first-order valence-electron chi connectivity index (χ1n) is 7.42. The monoisotopic (exact) mass is 393 g/mol. The predicted molar refractivity (Wildman–Crippen MR) is 94.0 cm³/mol. The van der Waals surface area contributed by atoms with Gasteiger partial charge in [-0.1, -0.05) is 22.0 Å². The zero-order valence-electron chi connectivity index (χ0n) is 12.6. The second-order valence-corrected chi connectivity index (χ2v) is 7.51. The molecule has 3 rings (SSSR count). The second-order valence-electron chi connectivity index (χ2n) is 5.46. The summed E-state index contributed by atoms with van der Waals surface area (Å²) in [7, 11) is 0. The lowest BCUT2D eigenvalue weighted by molar-refractivity contribution is -0.123. The maximum Gasteiger partial charge on any atom is 0.349 e. The van der Waals surface area contributed by atoms with E-state index in [2.05, 4.69) is 21.2 Å². The van der Waals surface area contributed by atoms with Crippen LogP contribution in [-0.2, 0) is 22.4 Å². The van der Waals surface area contributed by atoms with Gasteiger partial charge in [0.2, 0.25) is 0 Å². The Bertz CT molecular complexity index is 735. The fourth-order valence-corrected chi connectivity index (χ4v) is 4.05. The van der Waals surface area contributed by atoms with Gasteiger partial charge in [0.25, 0.3) is 5.91 Å². The molecule has 1 aliphatic carbocycles. The van der Waals surface area contributed by atoms with Crippen molar-refractivity contribution >= 4 is 44.8 Å². The lowest BCUT2D eigenvalue weighted by atomic mass is 10.2. The molecule has 0 radical (unpaired) electrons. The van der Waals surface area contributed by atoms with Crippen LogP contribution in [-0.4, -0.2) is 18.0 Å². The normalized spacial score (nSPS) is 14.2. The van der Waals surface area contributed by atoms with Gasteiger partial charge in [0.1, 0.15) is 4.88 Å². The molecule has 0 unspecified atom stereocenters. The summed E-state index contributed by atoms with van der Waals surface area (Å²) in [6.07, 6.45) is 2.37. The quantitative estimate of drug-likeness (QED) is 0.792. The van der Waals surface area contributed by atoms with Gasteiger partial charge in [-0.3, -0.25) is 4.79 Å². The number of aryl methyl sites for hydroxylation is 2. The highest BCUT2D eigenvalue weighted by Gasteiger charge is 2.23. The number of hydrogen-bond donors (Lipinski definition) is 1. The summed E-state index contributed by atoms with van der Waals surface area (Å²) in [5.74, 6) is -0.776. The van der Waals surface area contributed by atoms with Crippen molar-refractivity contribution in [3.05, 3.63) is 50.1 Å². The molecule has 0 bridgehead atoms. The first-order chi connectivity index (χ1) is 11.0. The third-order valence-corrected chi connectivity index (χ3v) is 5.40. The standard InChI is InChI=1S/C17H16BrNO3S/c1-10(16(20)19-13-6-3-5-12(18)9-13)22-17(21)15-8-11-4-2-7-14(11)23-15/h3,5-6,8-10H,2,4,7H2,1H3,(H,19,20)/t10-/m1/s1. The number of amides is 1. The molecule has 0 spiro atoms. The van der Waals surface area contributed by atoms with E-state index in [9.17, 15) is 9.59 Å². The molecule has 1 N–H and O–H groups in total. The van der Waals surface area contributed by atoms with E-state index in [1.807, 2.05) is 18.2 Å². The Morgan fingerprint density at radius 1 is 1.30 bits per heavy atom. The average Bonchev–Trinajstić information content (AvgIpc) is 3.08. The van der Waals surface area contributed by atoms with Crippen molar-refractivity contribution in [3.8, 4) is 0 Å². The van der Waals surface area contributed by atoms with Crippen LogP contribution in [0.4, 0.5) is 5.69 Å². The predicted octanol–water partition coefficient (Wildman–Crippen LogP) is 4.18. The molecule has 23 heavy (non-hydrogen) atoms. The summed E-state index contributed by atoms with van der Waals surface area (Å²) in [5.41, 5.74) is 1.90. The first kappa shape index (κ1) is 16.2. The summed E-state index contributed by atoms with van der Waals surface area (Å²) < 4.78 is 6.15. The topological polar surface area (TPSA) is 55.4 Å². The Labute approximate surface area is 147 Å². The SMILES string of the molecule is C[C@@H](OC(=O)c1cc2c(s1)CCC2)C(=O)Nc1cccc(Br)c1. The fraction of sp³-hybridized carbons (Fsp3) is 0.294.